The molecule has 4 saturated carbocycles. The fourth-order valence-electron chi connectivity index (χ4n) is 8.81. The second-order valence-electron chi connectivity index (χ2n) is 11.4. The van der Waals surface area contributed by atoms with Crippen LogP contribution in [0.2, 0.25) is 0 Å². The summed E-state index contributed by atoms with van der Waals surface area (Å²) in [7, 11) is 0. The number of carbonyl (C=O) groups is 1. The summed E-state index contributed by atoms with van der Waals surface area (Å²) in [5, 5.41) is 30.4. The van der Waals surface area contributed by atoms with E-state index in [1.807, 2.05) is 0 Å². The zero-order chi connectivity index (χ0) is 20.3. The zero-order valence-corrected chi connectivity index (χ0v) is 17.9. The van der Waals surface area contributed by atoms with E-state index in [0.717, 1.165) is 32.1 Å². The zero-order valence-electron chi connectivity index (χ0n) is 17.9. The molecule has 0 aliphatic heterocycles. The van der Waals surface area contributed by atoms with Crippen LogP contribution in [0.4, 0.5) is 0 Å². The summed E-state index contributed by atoms with van der Waals surface area (Å²) in [5.41, 5.74) is 0.478. The molecule has 0 saturated heterocycles. The third kappa shape index (κ3) is 3.14. The highest BCUT2D eigenvalue weighted by Gasteiger charge is 2.62. The van der Waals surface area contributed by atoms with Gasteiger partial charge in [0.05, 0.1) is 12.2 Å². The molecule has 4 rings (SSSR count). The third-order valence-corrected chi connectivity index (χ3v) is 10.2. The quantitative estimate of drug-likeness (QED) is 0.659. The lowest BCUT2D eigenvalue weighted by molar-refractivity contribution is -0.172. The van der Waals surface area contributed by atoms with Gasteiger partial charge in [-0.15, -0.1) is 0 Å². The van der Waals surface area contributed by atoms with Crippen molar-refractivity contribution in [2.24, 2.45) is 46.3 Å². The smallest absolute Gasteiger partial charge is 0.303 e. The molecule has 4 nitrogen and oxygen atoms in total. The molecular weight excluding hydrogens is 352 g/mol. The molecule has 4 aliphatic rings. The van der Waals surface area contributed by atoms with Gasteiger partial charge in [-0.3, -0.25) is 4.79 Å². The van der Waals surface area contributed by atoms with E-state index in [2.05, 4.69) is 20.8 Å². The number of fused-ring (bicyclic) bond motifs is 5. The fourth-order valence-corrected chi connectivity index (χ4v) is 8.81. The van der Waals surface area contributed by atoms with Gasteiger partial charge in [0.25, 0.3) is 0 Å². The molecule has 0 aromatic rings. The van der Waals surface area contributed by atoms with Crippen molar-refractivity contribution in [3.05, 3.63) is 0 Å². The van der Waals surface area contributed by atoms with E-state index in [4.69, 9.17) is 5.11 Å². The minimum absolute atomic E-state index is 0.176. The highest BCUT2D eigenvalue weighted by atomic mass is 16.4. The first-order chi connectivity index (χ1) is 13.2. The monoisotopic (exact) mass is 392 g/mol. The van der Waals surface area contributed by atoms with Crippen LogP contribution in [0.15, 0.2) is 0 Å². The summed E-state index contributed by atoms with van der Waals surface area (Å²) in [4.78, 5) is 11.1. The maximum Gasteiger partial charge on any atom is 0.303 e. The summed E-state index contributed by atoms with van der Waals surface area (Å²) < 4.78 is 0. The van der Waals surface area contributed by atoms with Gasteiger partial charge in [0.1, 0.15) is 0 Å². The van der Waals surface area contributed by atoms with E-state index in [1.165, 1.54) is 25.7 Å². The molecule has 4 fully saturated rings. The number of aliphatic hydroxyl groups is 2. The lowest BCUT2D eigenvalue weighted by Gasteiger charge is -2.62. The molecule has 10 atom stereocenters. The molecule has 4 heteroatoms. The normalized spacial score (nSPS) is 51.7. The molecule has 160 valence electrons. The Morgan fingerprint density at radius 3 is 2.36 bits per heavy atom. The molecule has 0 bridgehead atoms. The van der Waals surface area contributed by atoms with E-state index < -0.39 is 5.97 Å². The van der Waals surface area contributed by atoms with Crippen molar-refractivity contribution in [3.8, 4) is 0 Å². The Balaban J connectivity index is 1.55. The average Bonchev–Trinajstić information content (AvgIpc) is 2.99. The largest absolute Gasteiger partial charge is 0.481 e. The Morgan fingerprint density at radius 1 is 0.964 bits per heavy atom. The Hall–Kier alpha value is -0.610. The lowest BCUT2D eigenvalue weighted by Crippen LogP contribution is -2.58. The molecule has 0 heterocycles. The van der Waals surface area contributed by atoms with Gasteiger partial charge in [0.2, 0.25) is 0 Å². The Bertz CT molecular complexity index is 605. The van der Waals surface area contributed by atoms with E-state index >= 15 is 0 Å². The summed E-state index contributed by atoms with van der Waals surface area (Å²) in [6, 6.07) is 0. The molecule has 0 unspecified atom stereocenters. The van der Waals surface area contributed by atoms with Crippen LogP contribution in [0.5, 0.6) is 0 Å². The number of aliphatic hydroxyl groups excluding tert-OH is 2. The van der Waals surface area contributed by atoms with E-state index in [1.54, 1.807) is 0 Å². The molecule has 3 N–H and O–H groups in total. The maximum atomic E-state index is 11.1. The first-order valence-electron chi connectivity index (χ1n) is 11.7. The van der Waals surface area contributed by atoms with Crippen LogP contribution < -0.4 is 0 Å². The topological polar surface area (TPSA) is 77.8 Å². The number of hydrogen-bond donors (Lipinski definition) is 3. The third-order valence-electron chi connectivity index (χ3n) is 10.2. The number of carboxylic acids is 1. The minimum Gasteiger partial charge on any atom is -0.481 e. The first-order valence-corrected chi connectivity index (χ1v) is 11.7. The van der Waals surface area contributed by atoms with Crippen LogP contribution in [0, 0.1) is 46.3 Å². The van der Waals surface area contributed by atoms with Gasteiger partial charge < -0.3 is 15.3 Å². The van der Waals surface area contributed by atoms with Gasteiger partial charge >= 0.3 is 5.97 Å². The molecule has 0 spiro atoms. The molecule has 0 aromatic carbocycles. The summed E-state index contributed by atoms with van der Waals surface area (Å²) in [5.74, 6) is 2.61. The van der Waals surface area contributed by atoms with Gasteiger partial charge in [-0.25, -0.2) is 0 Å². The molecule has 0 radical (unpaired) electrons. The van der Waals surface area contributed by atoms with Crippen molar-refractivity contribution in [2.75, 3.05) is 0 Å². The number of rotatable bonds is 4. The lowest BCUT2D eigenvalue weighted by atomic mass is 9.44. The summed E-state index contributed by atoms with van der Waals surface area (Å²) in [6.45, 7) is 7.16. The van der Waals surface area contributed by atoms with Crippen LogP contribution in [0.3, 0.4) is 0 Å². The second-order valence-corrected chi connectivity index (χ2v) is 11.4. The van der Waals surface area contributed by atoms with E-state index in [-0.39, 0.29) is 30.0 Å². The number of aliphatic carboxylic acids is 1. The minimum atomic E-state index is -0.677. The van der Waals surface area contributed by atoms with Crippen molar-refractivity contribution < 1.29 is 20.1 Å². The predicted molar refractivity (Wildman–Crippen MR) is 109 cm³/mol. The van der Waals surface area contributed by atoms with Crippen molar-refractivity contribution in [2.45, 2.75) is 97.2 Å². The maximum absolute atomic E-state index is 11.1. The van der Waals surface area contributed by atoms with Crippen LogP contribution in [-0.2, 0) is 4.79 Å². The average molecular weight is 393 g/mol. The van der Waals surface area contributed by atoms with Crippen molar-refractivity contribution in [3.63, 3.8) is 0 Å². The van der Waals surface area contributed by atoms with E-state index in [9.17, 15) is 15.0 Å². The SMILES string of the molecule is C[C@@H](CCC(=O)O)[C@@H]1CC[C@@H]2[C@H]3C[C@@H](O)[C@H]4C[C@H](O)CC[C@@]4(C)[C@@H]3CC[C@]21C. The molecule has 0 amide bonds. The predicted octanol–water partition coefficient (Wildman–Crippen LogP) is 4.48. The molecule has 4 aliphatic carbocycles. The molecule has 28 heavy (non-hydrogen) atoms. The van der Waals surface area contributed by atoms with Crippen LogP contribution >= 0.6 is 0 Å². The standard InChI is InChI=1S/C24H40O4/c1-14(4-7-22(27)28)17-5-6-18-16-13-21(26)20-12-15(25)8-10-24(20,3)19(16)9-11-23(17,18)2/h14-21,25-26H,4-13H2,1-3H3,(H,27,28)/t14-,15+,16+,17-,18+,19+,20+,21+,23-,24-/m0/s1. The van der Waals surface area contributed by atoms with E-state index in [0.29, 0.717) is 35.0 Å². The van der Waals surface area contributed by atoms with Crippen LogP contribution in [0.1, 0.15) is 85.0 Å². The first kappa shape index (κ1) is 20.7. The molecular formula is C24H40O4. The van der Waals surface area contributed by atoms with Gasteiger partial charge in [-0.2, -0.15) is 0 Å². The Kier molecular flexibility index (Phi) is 5.36. The Labute approximate surface area is 170 Å². The second kappa shape index (κ2) is 7.27. The van der Waals surface area contributed by atoms with Crippen molar-refractivity contribution in [1.29, 1.82) is 0 Å². The van der Waals surface area contributed by atoms with Crippen LogP contribution in [0.25, 0.3) is 0 Å². The number of carboxylic acid groups (broad SMARTS) is 1. The summed E-state index contributed by atoms with van der Waals surface area (Å²) in [6.07, 6.45) is 9.16. The highest BCUT2D eigenvalue weighted by Crippen LogP contribution is 2.68. The van der Waals surface area contributed by atoms with Crippen molar-refractivity contribution >= 4 is 5.97 Å². The Morgan fingerprint density at radius 2 is 1.64 bits per heavy atom. The fraction of sp³-hybridized carbons (Fsp3) is 0.958. The summed E-state index contributed by atoms with van der Waals surface area (Å²) >= 11 is 0. The van der Waals surface area contributed by atoms with Gasteiger partial charge in [-0.1, -0.05) is 20.8 Å². The van der Waals surface area contributed by atoms with Gasteiger partial charge in [0, 0.05) is 6.42 Å². The number of hydrogen-bond acceptors (Lipinski definition) is 3. The molecule has 0 aromatic heterocycles. The van der Waals surface area contributed by atoms with Crippen LogP contribution in [-0.4, -0.2) is 33.5 Å². The highest BCUT2D eigenvalue weighted by molar-refractivity contribution is 5.66. The van der Waals surface area contributed by atoms with Crippen molar-refractivity contribution in [1.82, 2.24) is 0 Å². The van der Waals surface area contributed by atoms with Gasteiger partial charge in [0.15, 0.2) is 0 Å². The van der Waals surface area contributed by atoms with Gasteiger partial charge in [-0.05, 0) is 104 Å².